The van der Waals surface area contributed by atoms with Gasteiger partial charge < -0.3 is 17.7 Å². The zero-order chi connectivity index (χ0) is 14.0. The van der Waals surface area contributed by atoms with Gasteiger partial charge in [0.15, 0.2) is 0 Å². The first-order valence-electron chi connectivity index (χ1n) is 6.52. The first-order chi connectivity index (χ1) is 8.86. The minimum absolute atomic E-state index is 0.196. The Morgan fingerprint density at radius 1 is 1.11 bits per heavy atom. The summed E-state index contributed by atoms with van der Waals surface area (Å²) >= 11 is 0. The molecule has 0 bridgehead atoms. The zero-order valence-corrected chi connectivity index (χ0v) is 10.7. The maximum Gasteiger partial charge on any atom is 0.513 e. The summed E-state index contributed by atoms with van der Waals surface area (Å²) in [6.07, 6.45) is 3.22. The van der Waals surface area contributed by atoms with E-state index in [0.29, 0.717) is 12.0 Å². The number of hydrogen-bond acceptors (Lipinski definition) is 1. The molecule has 1 fully saturated rings. The quantitative estimate of drug-likeness (QED) is 0.601. The summed E-state index contributed by atoms with van der Waals surface area (Å²) in [5.74, 6) is -0.536. The molecule has 0 N–H and O–H groups in total. The summed E-state index contributed by atoms with van der Waals surface area (Å²) in [7, 11) is 0. The Morgan fingerprint density at radius 3 is 2.32 bits per heavy atom. The van der Waals surface area contributed by atoms with Gasteiger partial charge in [0.25, 0.3) is 0 Å². The molecule has 1 nitrogen and oxygen atoms in total. The molecule has 1 aliphatic carbocycles. The van der Waals surface area contributed by atoms with Crippen molar-refractivity contribution in [3.8, 4) is 5.75 Å². The largest absolute Gasteiger partial charge is 0.513 e. The minimum atomic E-state index is -5.26. The fourth-order valence-electron chi connectivity index (χ4n) is 2.41. The molecule has 2 rings (SSSR count). The molecule has 1 saturated carbocycles. The first-order valence-corrected chi connectivity index (χ1v) is 6.52. The monoisotopic (exact) mass is 275 g/mol. The summed E-state index contributed by atoms with van der Waals surface area (Å²) in [6, 6.07) is 2.60. The van der Waals surface area contributed by atoms with Gasteiger partial charge in [0.05, 0.1) is 11.9 Å². The molecule has 1 aliphatic rings. The lowest BCUT2D eigenvalue weighted by molar-refractivity contribution is 0.136. The number of ether oxygens (including phenoxy) is 1. The van der Waals surface area contributed by atoms with Crippen molar-refractivity contribution >= 4 is 12.4 Å². The van der Waals surface area contributed by atoms with Crippen LogP contribution in [0.4, 0.5) is 17.3 Å². The summed E-state index contributed by atoms with van der Waals surface area (Å²) in [5, 5.41) is 0. The molecule has 0 spiro atoms. The summed E-state index contributed by atoms with van der Waals surface area (Å²) < 4.78 is 57.0. The van der Waals surface area contributed by atoms with Crippen LogP contribution in [-0.2, 0) is 0 Å². The molecule has 0 saturated heterocycles. The standard InChI is InChI=1S/C13H16BF4O/c1-9-2-5-11(6-3-9)19-13-7-4-10(15)8-12(13)14(16,17)18/h4,7-9,11H,2-3,5-6H2,1H3/q-1. The Kier molecular flexibility index (Phi) is 4.06. The third-order valence-corrected chi connectivity index (χ3v) is 3.58. The van der Waals surface area contributed by atoms with Crippen molar-refractivity contribution in [2.24, 2.45) is 5.92 Å². The van der Waals surface area contributed by atoms with Crippen LogP contribution < -0.4 is 10.2 Å². The minimum Gasteiger partial charge on any atom is -0.493 e. The highest BCUT2D eigenvalue weighted by atomic mass is 19.4. The van der Waals surface area contributed by atoms with E-state index >= 15 is 0 Å². The van der Waals surface area contributed by atoms with Crippen LogP contribution in [0.5, 0.6) is 5.75 Å². The maximum atomic E-state index is 13.0. The Bertz CT molecular complexity index is 439. The Balaban J connectivity index is 2.16. The molecule has 0 aromatic heterocycles. The molecule has 106 valence electrons. The molecule has 6 heteroatoms. The predicted octanol–water partition coefficient (Wildman–Crippen LogP) is 3.84. The van der Waals surface area contributed by atoms with Gasteiger partial charge >= 0.3 is 6.98 Å². The lowest BCUT2D eigenvalue weighted by Crippen LogP contribution is -2.37. The molecule has 0 amide bonds. The summed E-state index contributed by atoms with van der Waals surface area (Å²) in [4.78, 5) is 0. The highest BCUT2D eigenvalue weighted by Crippen LogP contribution is 2.28. The van der Waals surface area contributed by atoms with E-state index in [4.69, 9.17) is 4.74 Å². The van der Waals surface area contributed by atoms with E-state index in [1.54, 1.807) is 0 Å². The maximum absolute atomic E-state index is 13.0. The zero-order valence-electron chi connectivity index (χ0n) is 10.7. The van der Waals surface area contributed by atoms with Crippen LogP contribution in [0.3, 0.4) is 0 Å². The highest BCUT2D eigenvalue weighted by Gasteiger charge is 2.31. The van der Waals surface area contributed by atoms with Gasteiger partial charge in [0, 0.05) is 0 Å². The van der Waals surface area contributed by atoms with E-state index in [9.17, 15) is 17.3 Å². The van der Waals surface area contributed by atoms with Crippen molar-refractivity contribution in [3.63, 3.8) is 0 Å². The Labute approximate surface area is 110 Å². The third-order valence-electron chi connectivity index (χ3n) is 3.58. The van der Waals surface area contributed by atoms with Gasteiger partial charge in [0.1, 0.15) is 5.82 Å². The van der Waals surface area contributed by atoms with Crippen LogP contribution in [-0.4, -0.2) is 13.1 Å². The van der Waals surface area contributed by atoms with E-state index in [2.05, 4.69) is 6.92 Å². The Hall–Kier alpha value is -1.20. The molecule has 19 heavy (non-hydrogen) atoms. The molecule has 0 radical (unpaired) electrons. The van der Waals surface area contributed by atoms with Crippen LogP contribution in [0.1, 0.15) is 32.6 Å². The van der Waals surface area contributed by atoms with Gasteiger partial charge in [-0.1, -0.05) is 12.4 Å². The van der Waals surface area contributed by atoms with Gasteiger partial charge in [-0.2, -0.15) is 0 Å². The van der Waals surface area contributed by atoms with Gasteiger partial charge in [-0.25, -0.2) is 4.39 Å². The number of halogens is 4. The van der Waals surface area contributed by atoms with Gasteiger partial charge in [0.2, 0.25) is 0 Å². The van der Waals surface area contributed by atoms with E-state index in [1.165, 1.54) is 0 Å². The van der Waals surface area contributed by atoms with Crippen molar-refractivity contribution < 1.29 is 22.1 Å². The molecular formula is C13H16BF4O-. The molecule has 1 aromatic rings. The molecule has 1 aromatic carbocycles. The number of rotatable bonds is 3. The molecule has 0 aliphatic heterocycles. The lowest BCUT2D eigenvalue weighted by atomic mass is 9.79. The van der Waals surface area contributed by atoms with Gasteiger partial charge in [-0.15, -0.1) is 0 Å². The third kappa shape index (κ3) is 3.64. The summed E-state index contributed by atoms with van der Waals surface area (Å²) in [6.45, 7) is -3.14. The van der Waals surface area contributed by atoms with E-state index in [1.807, 2.05) is 0 Å². The van der Waals surface area contributed by atoms with Crippen LogP contribution in [0.2, 0.25) is 0 Å². The second kappa shape index (κ2) is 5.43. The highest BCUT2D eigenvalue weighted by molar-refractivity contribution is 6.74. The Morgan fingerprint density at radius 2 is 1.74 bits per heavy atom. The SMILES string of the molecule is CC1CCC(Oc2ccc(F)cc2[B-](F)(F)F)CC1. The molecule has 0 atom stereocenters. The summed E-state index contributed by atoms with van der Waals surface area (Å²) in [5.41, 5.74) is -0.973. The predicted molar refractivity (Wildman–Crippen MR) is 67.2 cm³/mol. The average Bonchev–Trinajstić information content (AvgIpc) is 2.33. The topological polar surface area (TPSA) is 9.23 Å². The fourth-order valence-corrected chi connectivity index (χ4v) is 2.41. The second-order valence-corrected chi connectivity index (χ2v) is 5.26. The number of hydrogen-bond donors (Lipinski definition) is 0. The van der Waals surface area contributed by atoms with Crippen molar-refractivity contribution in [1.29, 1.82) is 0 Å². The first kappa shape index (κ1) is 14.2. The van der Waals surface area contributed by atoms with Crippen molar-refractivity contribution in [3.05, 3.63) is 24.0 Å². The van der Waals surface area contributed by atoms with Crippen molar-refractivity contribution in [2.75, 3.05) is 0 Å². The van der Waals surface area contributed by atoms with Gasteiger partial charge in [-0.3, -0.25) is 0 Å². The molecule has 0 heterocycles. The second-order valence-electron chi connectivity index (χ2n) is 5.26. The number of benzene rings is 1. The van der Waals surface area contributed by atoms with Crippen molar-refractivity contribution in [1.82, 2.24) is 0 Å². The van der Waals surface area contributed by atoms with Crippen LogP contribution >= 0.6 is 0 Å². The smallest absolute Gasteiger partial charge is 0.493 e. The van der Waals surface area contributed by atoms with Crippen LogP contribution in [0.15, 0.2) is 18.2 Å². The van der Waals surface area contributed by atoms with E-state index < -0.39 is 18.3 Å². The lowest BCUT2D eigenvalue weighted by Gasteiger charge is -2.29. The van der Waals surface area contributed by atoms with E-state index in [0.717, 1.165) is 37.8 Å². The van der Waals surface area contributed by atoms with E-state index in [-0.39, 0.29) is 11.9 Å². The van der Waals surface area contributed by atoms with Crippen molar-refractivity contribution in [2.45, 2.75) is 38.7 Å². The van der Waals surface area contributed by atoms with Crippen LogP contribution in [0.25, 0.3) is 0 Å². The normalized spacial score (nSPS) is 24.3. The molecular weight excluding hydrogens is 259 g/mol. The van der Waals surface area contributed by atoms with Crippen LogP contribution in [0, 0.1) is 11.7 Å². The van der Waals surface area contributed by atoms with Gasteiger partial charge in [-0.05, 0) is 49.8 Å². The fraction of sp³-hybridized carbons (Fsp3) is 0.538. The molecule has 0 unspecified atom stereocenters. The average molecular weight is 275 g/mol.